The number of aromatic nitrogens is 3. The minimum absolute atomic E-state index is 0.308. The predicted octanol–water partition coefficient (Wildman–Crippen LogP) is 3.60. The van der Waals surface area contributed by atoms with Gasteiger partial charge in [0.2, 0.25) is 5.95 Å². The summed E-state index contributed by atoms with van der Waals surface area (Å²) >= 11 is 0. The second-order valence-corrected chi connectivity index (χ2v) is 9.87. The number of hydrogen-bond acceptors (Lipinski definition) is 8. The van der Waals surface area contributed by atoms with E-state index in [2.05, 4.69) is 50.9 Å². The molecule has 4 N–H and O–H groups in total. The molecule has 0 fully saturated rings. The molecule has 37 heavy (non-hydrogen) atoms. The summed E-state index contributed by atoms with van der Waals surface area (Å²) in [5, 5.41) is 14.8. The second-order valence-electron chi connectivity index (χ2n) is 9.87. The number of para-hydroxylation sites is 1. The number of nitrogen functional groups attached to an aromatic ring is 1. The standard InChI is InChI=1S/C28H35N7O2/c1-33(2)13-14-34(3)25-17-26(37-4)22(16-21(25)29)31-28-30-12-11-27(32-28)35-23-8-6-5-7-19(23)20-15-18(36)9-10-24(20)35/h5-8,11-12,16-18,36H,9-10,13-15,29H2,1-4H3,(H,30,31,32). The van der Waals surface area contributed by atoms with Crippen LogP contribution in [-0.2, 0) is 12.8 Å². The van der Waals surface area contributed by atoms with Crippen molar-refractivity contribution in [2.75, 3.05) is 57.3 Å². The molecule has 1 unspecified atom stereocenters. The number of ether oxygens (including phenoxy) is 1. The number of aliphatic hydroxyl groups is 1. The zero-order valence-corrected chi connectivity index (χ0v) is 21.9. The molecular formula is C28H35N7O2. The van der Waals surface area contributed by atoms with E-state index in [9.17, 15) is 5.11 Å². The normalized spacial score (nSPS) is 15.1. The van der Waals surface area contributed by atoms with Crippen LogP contribution in [0.2, 0.25) is 0 Å². The van der Waals surface area contributed by atoms with Gasteiger partial charge >= 0.3 is 0 Å². The Balaban J connectivity index is 1.49. The summed E-state index contributed by atoms with van der Waals surface area (Å²) < 4.78 is 7.89. The molecule has 1 aliphatic carbocycles. The average molecular weight is 502 g/mol. The first-order chi connectivity index (χ1) is 17.9. The molecule has 0 spiro atoms. The number of anilines is 4. The van der Waals surface area contributed by atoms with Gasteiger partial charge in [-0.05, 0) is 50.7 Å². The highest BCUT2D eigenvalue weighted by molar-refractivity contribution is 5.87. The van der Waals surface area contributed by atoms with Crippen molar-refractivity contribution < 1.29 is 9.84 Å². The molecule has 0 bridgehead atoms. The van der Waals surface area contributed by atoms with Gasteiger partial charge in [0.25, 0.3) is 0 Å². The number of nitrogens with one attached hydrogen (secondary N) is 1. The summed E-state index contributed by atoms with van der Waals surface area (Å²) in [6.45, 7) is 1.75. The molecule has 2 aromatic carbocycles. The van der Waals surface area contributed by atoms with Crippen LogP contribution in [0.1, 0.15) is 17.7 Å². The molecule has 9 heteroatoms. The third-order valence-electron chi connectivity index (χ3n) is 7.00. The van der Waals surface area contributed by atoms with Gasteiger partial charge in [0.05, 0.1) is 35.8 Å². The van der Waals surface area contributed by atoms with Crippen LogP contribution in [0.15, 0.2) is 48.7 Å². The van der Waals surface area contributed by atoms with Crippen LogP contribution in [0.3, 0.4) is 0 Å². The van der Waals surface area contributed by atoms with Gasteiger partial charge in [-0.25, -0.2) is 4.98 Å². The Kier molecular flexibility index (Phi) is 6.90. The maximum atomic E-state index is 10.3. The van der Waals surface area contributed by atoms with Crippen LogP contribution in [0.25, 0.3) is 16.7 Å². The lowest BCUT2D eigenvalue weighted by atomic mass is 9.93. The first-order valence-electron chi connectivity index (χ1n) is 12.6. The molecule has 0 aliphatic heterocycles. The van der Waals surface area contributed by atoms with Gasteiger partial charge in [-0.2, -0.15) is 4.98 Å². The Labute approximate surface area is 217 Å². The van der Waals surface area contributed by atoms with Gasteiger partial charge < -0.3 is 30.7 Å². The van der Waals surface area contributed by atoms with E-state index in [0.717, 1.165) is 48.3 Å². The van der Waals surface area contributed by atoms with E-state index in [0.29, 0.717) is 29.5 Å². The highest BCUT2D eigenvalue weighted by atomic mass is 16.5. The number of rotatable bonds is 8. The number of nitrogens with two attached hydrogens (primary N) is 1. The van der Waals surface area contributed by atoms with Crippen molar-refractivity contribution in [1.82, 2.24) is 19.4 Å². The van der Waals surface area contributed by atoms with Crippen LogP contribution in [-0.4, -0.2) is 72.0 Å². The Morgan fingerprint density at radius 3 is 2.76 bits per heavy atom. The number of aliphatic hydroxyl groups excluding tert-OH is 1. The van der Waals surface area contributed by atoms with Crippen LogP contribution < -0.4 is 20.7 Å². The van der Waals surface area contributed by atoms with Crippen LogP contribution in [0.5, 0.6) is 5.75 Å². The lowest BCUT2D eigenvalue weighted by Gasteiger charge is -2.24. The van der Waals surface area contributed by atoms with Crippen molar-refractivity contribution in [1.29, 1.82) is 0 Å². The Morgan fingerprint density at radius 1 is 1.16 bits per heavy atom. The number of fused-ring (bicyclic) bond motifs is 3. The number of likely N-dealkylation sites (N-methyl/N-ethyl adjacent to an activating group) is 2. The minimum atomic E-state index is -0.308. The van der Waals surface area contributed by atoms with Gasteiger partial charge in [-0.15, -0.1) is 0 Å². The maximum Gasteiger partial charge on any atom is 0.229 e. The molecule has 9 nitrogen and oxygen atoms in total. The second kappa shape index (κ2) is 10.3. The minimum Gasteiger partial charge on any atom is -0.494 e. The Morgan fingerprint density at radius 2 is 1.97 bits per heavy atom. The molecule has 5 rings (SSSR count). The zero-order chi connectivity index (χ0) is 26.1. The number of hydrogen-bond donors (Lipinski definition) is 3. The van der Waals surface area contributed by atoms with Crippen molar-refractivity contribution in [3.8, 4) is 11.6 Å². The Hall–Kier alpha value is -3.82. The molecule has 2 aromatic heterocycles. The fourth-order valence-corrected chi connectivity index (χ4v) is 5.06. The van der Waals surface area contributed by atoms with Crippen molar-refractivity contribution in [2.24, 2.45) is 0 Å². The topological polar surface area (TPSA) is 105 Å². The largest absolute Gasteiger partial charge is 0.494 e. The van der Waals surface area contributed by atoms with E-state index in [1.54, 1.807) is 13.3 Å². The molecule has 0 amide bonds. The van der Waals surface area contributed by atoms with E-state index in [1.165, 1.54) is 11.3 Å². The highest BCUT2D eigenvalue weighted by Crippen LogP contribution is 2.37. The highest BCUT2D eigenvalue weighted by Gasteiger charge is 2.25. The maximum absolute atomic E-state index is 10.3. The van der Waals surface area contributed by atoms with E-state index in [-0.39, 0.29) is 6.10 Å². The van der Waals surface area contributed by atoms with Crippen molar-refractivity contribution in [2.45, 2.75) is 25.4 Å². The van der Waals surface area contributed by atoms with Crippen molar-refractivity contribution in [3.63, 3.8) is 0 Å². The first kappa shape index (κ1) is 24.9. The molecule has 2 heterocycles. The molecule has 194 valence electrons. The van der Waals surface area contributed by atoms with E-state index >= 15 is 0 Å². The summed E-state index contributed by atoms with van der Waals surface area (Å²) in [4.78, 5) is 13.6. The van der Waals surface area contributed by atoms with Crippen molar-refractivity contribution >= 4 is 33.9 Å². The molecule has 1 aliphatic rings. The zero-order valence-electron chi connectivity index (χ0n) is 21.9. The quantitative estimate of drug-likeness (QED) is 0.315. The molecule has 1 atom stereocenters. The molecule has 4 aromatic rings. The van der Waals surface area contributed by atoms with Gasteiger partial charge in [-0.1, -0.05) is 18.2 Å². The number of nitrogens with zero attached hydrogens (tertiary/aromatic N) is 5. The SMILES string of the molecule is COc1cc(N(C)CCN(C)C)c(N)cc1Nc1nccc(-n2c3c(c4ccccc42)CC(O)CC3)n1. The fraction of sp³-hybridized carbons (Fsp3) is 0.357. The van der Waals surface area contributed by atoms with E-state index in [1.807, 2.05) is 37.4 Å². The molecule has 0 radical (unpaired) electrons. The first-order valence-corrected chi connectivity index (χ1v) is 12.6. The molecule has 0 saturated heterocycles. The Bertz CT molecular complexity index is 1420. The van der Waals surface area contributed by atoms with Gasteiger partial charge in [0.15, 0.2) is 0 Å². The van der Waals surface area contributed by atoms with Crippen LogP contribution >= 0.6 is 0 Å². The summed E-state index contributed by atoms with van der Waals surface area (Å²) in [5.74, 6) is 1.89. The van der Waals surface area contributed by atoms with Gasteiger partial charge in [0.1, 0.15) is 11.6 Å². The van der Waals surface area contributed by atoms with Gasteiger partial charge in [-0.3, -0.25) is 4.57 Å². The smallest absolute Gasteiger partial charge is 0.229 e. The van der Waals surface area contributed by atoms with E-state index < -0.39 is 0 Å². The fourth-order valence-electron chi connectivity index (χ4n) is 5.06. The van der Waals surface area contributed by atoms with Crippen LogP contribution in [0, 0.1) is 0 Å². The van der Waals surface area contributed by atoms with E-state index in [4.69, 9.17) is 15.5 Å². The van der Waals surface area contributed by atoms with Crippen LogP contribution in [0.4, 0.5) is 23.0 Å². The molecular weight excluding hydrogens is 466 g/mol. The summed E-state index contributed by atoms with van der Waals surface area (Å²) in [5.41, 5.74) is 12.2. The summed E-state index contributed by atoms with van der Waals surface area (Å²) in [6, 6.07) is 14.0. The third-order valence-corrected chi connectivity index (χ3v) is 7.00. The summed E-state index contributed by atoms with van der Waals surface area (Å²) in [6.07, 6.45) is 3.64. The van der Waals surface area contributed by atoms with Gasteiger partial charge in [0, 0.05) is 49.9 Å². The number of methoxy groups -OCH3 is 1. The monoisotopic (exact) mass is 501 g/mol. The lowest BCUT2D eigenvalue weighted by Crippen LogP contribution is -2.29. The molecule has 0 saturated carbocycles. The van der Waals surface area contributed by atoms with Crippen molar-refractivity contribution in [3.05, 3.63) is 59.9 Å². The lowest BCUT2D eigenvalue weighted by molar-refractivity contribution is 0.158. The summed E-state index contributed by atoms with van der Waals surface area (Å²) in [7, 11) is 7.77. The predicted molar refractivity (Wildman–Crippen MR) is 149 cm³/mol. The third kappa shape index (κ3) is 4.92. The average Bonchev–Trinajstić information content (AvgIpc) is 3.21. The number of benzene rings is 2.